The number of benzene rings is 1. The molecule has 13 heavy (non-hydrogen) atoms. The van der Waals surface area contributed by atoms with Crippen LogP contribution >= 0.6 is 0 Å². The number of nitrogens with zero attached hydrogens (tertiary/aromatic N) is 1. The van der Waals surface area contributed by atoms with Gasteiger partial charge in [-0.05, 0) is 24.1 Å². The molecule has 1 aromatic carbocycles. The molecule has 2 nitrogen and oxygen atoms in total. The van der Waals surface area contributed by atoms with E-state index in [2.05, 4.69) is 6.07 Å². The van der Waals surface area contributed by atoms with Gasteiger partial charge in [0.1, 0.15) is 0 Å². The molecule has 0 heterocycles. The van der Waals surface area contributed by atoms with E-state index in [1.807, 2.05) is 18.2 Å². The Morgan fingerprint density at radius 1 is 1.23 bits per heavy atom. The molecule has 2 heteroatoms. The van der Waals surface area contributed by atoms with E-state index in [9.17, 15) is 0 Å². The zero-order valence-electron chi connectivity index (χ0n) is 7.27. The summed E-state index contributed by atoms with van der Waals surface area (Å²) in [5.74, 6) is 0. The SMILES string of the molecule is N#Cc1ccc(CC=CCO)cc1. The van der Waals surface area contributed by atoms with E-state index in [4.69, 9.17) is 10.4 Å². The predicted octanol–water partition coefficient (Wildman–Crippen LogP) is 1.65. The number of nitriles is 1. The van der Waals surface area contributed by atoms with Crippen LogP contribution in [0.3, 0.4) is 0 Å². The third-order valence-corrected chi connectivity index (χ3v) is 1.71. The van der Waals surface area contributed by atoms with E-state index in [0.29, 0.717) is 5.56 Å². The van der Waals surface area contributed by atoms with E-state index >= 15 is 0 Å². The van der Waals surface area contributed by atoms with Crippen molar-refractivity contribution in [3.05, 3.63) is 47.5 Å². The van der Waals surface area contributed by atoms with Crippen LogP contribution in [0.4, 0.5) is 0 Å². The number of hydrogen-bond acceptors (Lipinski definition) is 2. The molecule has 0 fully saturated rings. The van der Waals surface area contributed by atoms with Crippen molar-refractivity contribution in [2.75, 3.05) is 6.61 Å². The van der Waals surface area contributed by atoms with Gasteiger partial charge in [-0.3, -0.25) is 0 Å². The van der Waals surface area contributed by atoms with Crippen molar-refractivity contribution in [2.45, 2.75) is 6.42 Å². The van der Waals surface area contributed by atoms with Crippen molar-refractivity contribution in [1.82, 2.24) is 0 Å². The van der Waals surface area contributed by atoms with Crippen LogP contribution < -0.4 is 0 Å². The van der Waals surface area contributed by atoms with Gasteiger partial charge in [0.2, 0.25) is 0 Å². The highest BCUT2D eigenvalue weighted by atomic mass is 16.2. The summed E-state index contributed by atoms with van der Waals surface area (Å²) in [6.45, 7) is 0.0796. The van der Waals surface area contributed by atoms with Crippen molar-refractivity contribution in [3.63, 3.8) is 0 Å². The number of hydrogen-bond donors (Lipinski definition) is 1. The first kappa shape index (κ1) is 9.50. The molecule has 0 saturated carbocycles. The number of aliphatic hydroxyl groups is 1. The zero-order chi connectivity index (χ0) is 9.52. The molecule has 0 unspecified atom stereocenters. The minimum absolute atomic E-state index is 0.0796. The third kappa shape index (κ3) is 3.10. The molecule has 0 radical (unpaired) electrons. The van der Waals surface area contributed by atoms with Crippen molar-refractivity contribution < 1.29 is 5.11 Å². The lowest BCUT2D eigenvalue weighted by Gasteiger charge is -1.95. The summed E-state index contributed by atoms with van der Waals surface area (Å²) in [6, 6.07) is 9.48. The van der Waals surface area contributed by atoms with Crippen LogP contribution in [0.5, 0.6) is 0 Å². The molecule has 0 saturated heterocycles. The van der Waals surface area contributed by atoms with Gasteiger partial charge in [-0.2, -0.15) is 5.26 Å². The topological polar surface area (TPSA) is 44.0 Å². The first-order valence-corrected chi connectivity index (χ1v) is 4.11. The molecule has 0 aromatic heterocycles. The number of aliphatic hydroxyl groups excluding tert-OH is 1. The monoisotopic (exact) mass is 173 g/mol. The predicted molar refractivity (Wildman–Crippen MR) is 51.1 cm³/mol. The average Bonchev–Trinajstić information content (AvgIpc) is 2.19. The van der Waals surface area contributed by atoms with Gasteiger partial charge in [0, 0.05) is 0 Å². The lowest BCUT2D eigenvalue weighted by molar-refractivity contribution is 0.342. The average molecular weight is 173 g/mol. The standard InChI is InChI=1S/C11H11NO/c12-9-11-6-4-10(5-7-11)3-1-2-8-13/h1-2,4-7,13H,3,8H2. The molecule has 0 atom stereocenters. The minimum atomic E-state index is 0.0796. The smallest absolute Gasteiger partial charge is 0.0991 e. The molecule has 0 bridgehead atoms. The molecular weight excluding hydrogens is 162 g/mol. The van der Waals surface area contributed by atoms with Gasteiger partial charge >= 0.3 is 0 Å². The number of allylic oxidation sites excluding steroid dienone is 1. The summed E-state index contributed by atoms with van der Waals surface area (Å²) in [4.78, 5) is 0. The molecule has 1 N–H and O–H groups in total. The zero-order valence-corrected chi connectivity index (χ0v) is 7.27. The quantitative estimate of drug-likeness (QED) is 0.706. The van der Waals surface area contributed by atoms with Crippen molar-refractivity contribution in [1.29, 1.82) is 5.26 Å². The highest BCUT2D eigenvalue weighted by molar-refractivity contribution is 5.32. The van der Waals surface area contributed by atoms with Crippen LogP contribution in [0.2, 0.25) is 0 Å². The van der Waals surface area contributed by atoms with Gasteiger partial charge in [-0.25, -0.2) is 0 Å². The lowest BCUT2D eigenvalue weighted by atomic mass is 10.1. The van der Waals surface area contributed by atoms with E-state index < -0.39 is 0 Å². The summed E-state index contributed by atoms with van der Waals surface area (Å²) in [5.41, 5.74) is 1.82. The van der Waals surface area contributed by atoms with Crippen LogP contribution in [0.25, 0.3) is 0 Å². The molecule has 0 aliphatic heterocycles. The summed E-state index contributed by atoms with van der Waals surface area (Å²) >= 11 is 0. The molecule has 1 rings (SSSR count). The van der Waals surface area contributed by atoms with Crippen LogP contribution in [0.15, 0.2) is 36.4 Å². The first-order chi connectivity index (χ1) is 6.36. The maximum Gasteiger partial charge on any atom is 0.0991 e. The third-order valence-electron chi connectivity index (χ3n) is 1.71. The van der Waals surface area contributed by atoms with Gasteiger partial charge in [0.25, 0.3) is 0 Å². The van der Waals surface area contributed by atoms with E-state index in [1.54, 1.807) is 18.2 Å². The Morgan fingerprint density at radius 3 is 2.46 bits per heavy atom. The Bertz CT molecular complexity index is 319. The second-order valence-corrected chi connectivity index (χ2v) is 2.67. The van der Waals surface area contributed by atoms with E-state index in [0.717, 1.165) is 12.0 Å². The Labute approximate surface area is 77.8 Å². The van der Waals surface area contributed by atoms with Gasteiger partial charge in [-0.15, -0.1) is 0 Å². The molecule has 0 spiro atoms. The Morgan fingerprint density at radius 2 is 1.92 bits per heavy atom. The van der Waals surface area contributed by atoms with E-state index in [-0.39, 0.29) is 6.61 Å². The van der Waals surface area contributed by atoms with Crippen molar-refractivity contribution in [2.24, 2.45) is 0 Å². The normalized spacial score (nSPS) is 10.2. The second-order valence-electron chi connectivity index (χ2n) is 2.67. The molecule has 0 aliphatic rings. The Hall–Kier alpha value is -1.59. The molecule has 0 aliphatic carbocycles. The maximum absolute atomic E-state index is 8.55. The van der Waals surface area contributed by atoms with Crippen molar-refractivity contribution in [3.8, 4) is 6.07 Å². The largest absolute Gasteiger partial charge is 0.392 e. The van der Waals surface area contributed by atoms with E-state index in [1.165, 1.54) is 0 Å². The highest BCUT2D eigenvalue weighted by Crippen LogP contribution is 2.04. The first-order valence-electron chi connectivity index (χ1n) is 4.11. The number of rotatable bonds is 3. The van der Waals surface area contributed by atoms with Gasteiger partial charge in [0.05, 0.1) is 18.2 Å². The molecule has 0 amide bonds. The summed E-state index contributed by atoms with van der Waals surface area (Å²) < 4.78 is 0. The maximum atomic E-state index is 8.55. The minimum Gasteiger partial charge on any atom is -0.392 e. The fourth-order valence-corrected chi connectivity index (χ4v) is 1.01. The van der Waals surface area contributed by atoms with Gasteiger partial charge in [0.15, 0.2) is 0 Å². The Kier molecular flexibility index (Phi) is 3.74. The molecule has 1 aromatic rings. The summed E-state index contributed by atoms with van der Waals surface area (Å²) in [7, 11) is 0. The van der Waals surface area contributed by atoms with Crippen LogP contribution in [0.1, 0.15) is 11.1 Å². The fraction of sp³-hybridized carbons (Fsp3) is 0.182. The van der Waals surface area contributed by atoms with Gasteiger partial charge in [-0.1, -0.05) is 24.3 Å². The van der Waals surface area contributed by atoms with Crippen LogP contribution in [-0.2, 0) is 6.42 Å². The lowest BCUT2D eigenvalue weighted by Crippen LogP contribution is -1.82. The molecular formula is C11H11NO. The van der Waals surface area contributed by atoms with Crippen LogP contribution in [0, 0.1) is 11.3 Å². The molecule has 66 valence electrons. The Balaban J connectivity index is 2.60. The summed E-state index contributed by atoms with van der Waals surface area (Å²) in [5, 5.41) is 17.0. The summed E-state index contributed by atoms with van der Waals surface area (Å²) in [6.07, 6.45) is 4.41. The van der Waals surface area contributed by atoms with Crippen molar-refractivity contribution >= 4 is 0 Å². The second kappa shape index (κ2) is 5.13. The van der Waals surface area contributed by atoms with Crippen LogP contribution in [-0.4, -0.2) is 11.7 Å². The fourth-order valence-electron chi connectivity index (χ4n) is 1.01. The highest BCUT2D eigenvalue weighted by Gasteiger charge is 1.90. The van der Waals surface area contributed by atoms with Gasteiger partial charge < -0.3 is 5.11 Å².